The van der Waals surface area contributed by atoms with Gasteiger partial charge in [-0.15, -0.1) is 0 Å². The smallest absolute Gasteiger partial charge is 0.104 e. The third-order valence-electron chi connectivity index (χ3n) is 1.92. The Morgan fingerprint density at radius 3 is 2.29 bits per heavy atom. The molecule has 78 valence electrons. The van der Waals surface area contributed by atoms with Crippen molar-refractivity contribution in [2.45, 2.75) is 6.54 Å². The van der Waals surface area contributed by atoms with Gasteiger partial charge < -0.3 is 16.9 Å². The number of benzene rings is 1. The lowest BCUT2D eigenvalue weighted by molar-refractivity contribution is -0.884. The molecule has 1 nitrogen and oxygen atoms in total. The maximum atomic E-state index is 3.81. The molecule has 0 aromatic heterocycles. The average molecular weight is 212 g/mol. The summed E-state index contributed by atoms with van der Waals surface area (Å²) in [7, 11) is 6.58. The number of quaternary nitrogens is 1. The van der Waals surface area contributed by atoms with Gasteiger partial charge in [-0.2, -0.15) is 0 Å². The topological polar surface area (TPSA) is 0 Å². The van der Waals surface area contributed by atoms with Crippen molar-refractivity contribution in [2.24, 2.45) is 0 Å². The number of hydrogen-bond acceptors (Lipinski definition) is 0. The van der Waals surface area contributed by atoms with Gasteiger partial charge in [-0.3, -0.25) is 0 Å². The lowest BCUT2D eigenvalue weighted by Crippen LogP contribution is -3.00. The van der Waals surface area contributed by atoms with Gasteiger partial charge in [0.05, 0.1) is 21.1 Å². The zero-order valence-corrected chi connectivity index (χ0v) is 9.88. The monoisotopic (exact) mass is 211 g/mol. The molecule has 1 aromatic rings. The summed E-state index contributed by atoms with van der Waals surface area (Å²) in [6, 6.07) is 8.41. The Morgan fingerprint density at radius 2 is 1.79 bits per heavy atom. The first-order valence-electron chi connectivity index (χ1n) is 4.54. The van der Waals surface area contributed by atoms with E-state index in [1.54, 1.807) is 0 Å². The molecule has 0 saturated heterocycles. The SMILES string of the molecule is C=Cc1ccccc1C[N+](C)(C)C.[Cl-]. The van der Waals surface area contributed by atoms with Crippen molar-refractivity contribution in [1.82, 2.24) is 0 Å². The first-order valence-corrected chi connectivity index (χ1v) is 4.54. The zero-order chi connectivity index (χ0) is 9.90. The molecule has 0 saturated carbocycles. The summed E-state index contributed by atoms with van der Waals surface area (Å²) in [5.41, 5.74) is 2.61. The van der Waals surface area contributed by atoms with Gasteiger partial charge in [0.1, 0.15) is 6.54 Å². The fraction of sp³-hybridized carbons (Fsp3) is 0.333. The largest absolute Gasteiger partial charge is 1.00 e. The molecular formula is C12H18ClN. The molecule has 0 atom stereocenters. The number of hydrogen-bond donors (Lipinski definition) is 0. The van der Waals surface area contributed by atoms with Crippen LogP contribution >= 0.6 is 0 Å². The van der Waals surface area contributed by atoms with Gasteiger partial charge in [0.25, 0.3) is 0 Å². The minimum atomic E-state index is 0. The Bertz CT molecular complexity index is 299. The lowest BCUT2D eigenvalue weighted by atomic mass is 10.1. The molecule has 0 aliphatic rings. The van der Waals surface area contributed by atoms with Crippen molar-refractivity contribution < 1.29 is 16.9 Å². The van der Waals surface area contributed by atoms with Gasteiger partial charge in [0, 0.05) is 5.56 Å². The highest BCUT2D eigenvalue weighted by molar-refractivity contribution is 5.51. The molecule has 14 heavy (non-hydrogen) atoms. The lowest BCUT2D eigenvalue weighted by Gasteiger charge is -2.24. The second kappa shape index (κ2) is 5.18. The van der Waals surface area contributed by atoms with Crippen LogP contribution in [-0.2, 0) is 6.54 Å². The fourth-order valence-electron chi connectivity index (χ4n) is 1.39. The molecule has 0 heterocycles. The number of halogens is 1. The van der Waals surface area contributed by atoms with Crippen molar-refractivity contribution in [3.63, 3.8) is 0 Å². The third kappa shape index (κ3) is 3.95. The minimum Gasteiger partial charge on any atom is -1.00 e. The summed E-state index contributed by atoms with van der Waals surface area (Å²) < 4.78 is 0.949. The summed E-state index contributed by atoms with van der Waals surface area (Å²) in [6.07, 6.45) is 1.92. The Labute approximate surface area is 93.1 Å². The van der Waals surface area contributed by atoms with E-state index in [1.165, 1.54) is 11.1 Å². The van der Waals surface area contributed by atoms with Crippen molar-refractivity contribution in [3.8, 4) is 0 Å². The first kappa shape index (κ1) is 13.2. The Kier molecular flexibility index (Phi) is 4.89. The van der Waals surface area contributed by atoms with E-state index in [9.17, 15) is 0 Å². The molecule has 0 radical (unpaired) electrons. The van der Waals surface area contributed by atoms with Crippen LogP contribution in [0.2, 0.25) is 0 Å². The highest BCUT2D eigenvalue weighted by Crippen LogP contribution is 2.13. The number of nitrogens with zero attached hydrogens (tertiary/aromatic N) is 1. The highest BCUT2D eigenvalue weighted by atomic mass is 35.5. The van der Waals surface area contributed by atoms with Crippen LogP contribution in [0.1, 0.15) is 11.1 Å². The quantitative estimate of drug-likeness (QED) is 0.594. The van der Waals surface area contributed by atoms with Crippen LogP contribution in [0.3, 0.4) is 0 Å². The second-order valence-electron chi connectivity index (χ2n) is 4.35. The number of rotatable bonds is 3. The van der Waals surface area contributed by atoms with Crippen LogP contribution in [0.4, 0.5) is 0 Å². The average Bonchev–Trinajstić information content (AvgIpc) is 2.02. The summed E-state index contributed by atoms with van der Waals surface area (Å²) in [5.74, 6) is 0. The summed E-state index contributed by atoms with van der Waals surface area (Å²) in [6.45, 7) is 4.86. The van der Waals surface area contributed by atoms with Gasteiger partial charge in [0.2, 0.25) is 0 Å². The molecule has 0 N–H and O–H groups in total. The summed E-state index contributed by atoms with van der Waals surface area (Å²) in [4.78, 5) is 0. The van der Waals surface area contributed by atoms with Crippen molar-refractivity contribution >= 4 is 6.08 Å². The predicted molar refractivity (Wildman–Crippen MR) is 58.3 cm³/mol. The maximum Gasteiger partial charge on any atom is 0.104 e. The molecule has 0 amide bonds. The molecule has 0 spiro atoms. The van der Waals surface area contributed by atoms with Crippen molar-refractivity contribution in [2.75, 3.05) is 21.1 Å². The van der Waals surface area contributed by atoms with E-state index in [0.717, 1.165) is 11.0 Å². The van der Waals surface area contributed by atoms with E-state index in [4.69, 9.17) is 0 Å². The zero-order valence-electron chi connectivity index (χ0n) is 9.13. The van der Waals surface area contributed by atoms with Gasteiger partial charge in [-0.1, -0.05) is 36.9 Å². The standard InChI is InChI=1S/C12H18N.ClH/c1-5-11-8-6-7-9-12(11)10-13(2,3)4;/h5-9H,1,10H2,2-4H3;1H/q+1;/p-1. The van der Waals surface area contributed by atoms with Crippen molar-refractivity contribution in [3.05, 3.63) is 42.0 Å². The summed E-state index contributed by atoms with van der Waals surface area (Å²) in [5, 5.41) is 0. The van der Waals surface area contributed by atoms with Crippen LogP contribution < -0.4 is 12.4 Å². The van der Waals surface area contributed by atoms with Gasteiger partial charge in [0.15, 0.2) is 0 Å². The second-order valence-corrected chi connectivity index (χ2v) is 4.35. The van der Waals surface area contributed by atoms with Gasteiger partial charge in [-0.25, -0.2) is 0 Å². The van der Waals surface area contributed by atoms with Gasteiger partial charge in [-0.05, 0) is 5.56 Å². The maximum absolute atomic E-state index is 3.81. The molecule has 2 heteroatoms. The van der Waals surface area contributed by atoms with E-state index < -0.39 is 0 Å². The minimum absolute atomic E-state index is 0. The van der Waals surface area contributed by atoms with E-state index in [-0.39, 0.29) is 12.4 Å². The van der Waals surface area contributed by atoms with E-state index in [0.29, 0.717) is 0 Å². The molecule has 0 bridgehead atoms. The van der Waals surface area contributed by atoms with Crippen molar-refractivity contribution in [1.29, 1.82) is 0 Å². The van der Waals surface area contributed by atoms with Crippen LogP contribution in [0, 0.1) is 0 Å². The normalized spacial score (nSPS) is 10.5. The molecular weight excluding hydrogens is 194 g/mol. The molecule has 1 aromatic carbocycles. The van der Waals surface area contributed by atoms with Gasteiger partial charge >= 0.3 is 0 Å². The van der Waals surface area contributed by atoms with Crippen LogP contribution in [0.25, 0.3) is 6.08 Å². The Hall–Kier alpha value is -0.790. The van der Waals surface area contributed by atoms with E-state index in [2.05, 4.69) is 52.0 Å². The fourth-order valence-corrected chi connectivity index (χ4v) is 1.39. The van der Waals surface area contributed by atoms with Crippen LogP contribution in [0.15, 0.2) is 30.8 Å². The molecule has 0 fully saturated rings. The molecule has 1 rings (SSSR count). The molecule has 0 aliphatic heterocycles. The third-order valence-corrected chi connectivity index (χ3v) is 1.92. The summed E-state index contributed by atoms with van der Waals surface area (Å²) >= 11 is 0. The van der Waals surface area contributed by atoms with Crippen LogP contribution in [0.5, 0.6) is 0 Å². The first-order chi connectivity index (χ1) is 6.03. The molecule has 0 unspecified atom stereocenters. The Morgan fingerprint density at radius 1 is 1.21 bits per heavy atom. The van der Waals surface area contributed by atoms with E-state index in [1.807, 2.05) is 6.08 Å². The van der Waals surface area contributed by atoms with E-state index >= 15 is 0 Å². The molecule has 0 aliphatic carbocycles. The predicted octanol–water partition coefficient (Wildman–Crippen LogP) is -0.460. The highest BCUT2D eigenvalue weighted by Gasteiger charge is 2.09. The Balaban J connectivity index is 0.00000169. The van der Waals surface area contributed by atoms with Crippen LogP contribution in [-0.4, -0.2) is 25.6 Å².